The highest BCUT2D eigenvalue weighted by atomic mass is 16.1. The van der Waals surface area contributed by atoms with Crippen LogP contribution >= 0.6 is 0 Å². The molecule has 0 aliphatic heterocycles. The molecule has 134 valence electrons. The molecule has 2 aromatic heterocycles. The van der Waals surface area contributed by atoms with Gasteiger partial charge < -0.3 is 4.98 Å². The Morgan fingerprint density at radius 2 is 1.96 bits per heavy atom. The summed E-state index contributed by atoms with van der Waals surface area (Å²) in [6.07, 6.45) is 9.65. The van der Waals surface area contributed by atoms with Gasteiger partial charge in [-0.05, 0) is 49.5 Å². The highest BCUT2D eigenvalue weighted by molar-refractivity contribution is 5.73. The van der Waals surface area contributed by atoms with Crippen LogP contribution in [0.2, 0.25) is 0 Å². The molecule has 0 saturated heterocycles. The fourth-order valence-corrected chi connectivity index (χ4v) is 4.35. The molecular formula is C21H24N4O. The van der Waals surface area contributed by atoms with Gasteiger partial charge in [0, 0.05) is 6.42 Å². The molecule has 1 aromatic carbocycles. The number of aromatic amines is 1. The molecular weight excluding hydrogens is 324 g/mol. The number of nitrogens with zero attached hydrogens (tertiary/aromatic N) is 3. The van der Waals surface area contributed by atoms with Gasteiger partial charge in [-0.1, -0.05) is 36.8 Å². The number of hydrogen-bond acceptors (Lipinski definition) is 3. The zero-order valence-electron chi connectivity index (χ0n) is 14.9. The molecule has 0 bridgehead atoms. The minimum Gasteiger partial charge on any atom is -0.310 e. The molecule has 3 aromatic rings. The first-order chi connectivity index (χ1) is 12.8. The molecule has 26 heavy (non-hydrogen) atoms. The van der Waals surface area contributed by atoms with Crippen LogP contribution in [0.15, 0.2) is 41.3 Å². The van der Waals surface area contributed by atoms with Gasteiger partial charge in [0.05, 0.1) is 12.2 Å². The molecule has 0 spiro atoms. The molecule has 0 radical (unpaired) electrons. The number of rotatable bonds is 4. The zero-order valence-corrected chi connectivity index (χ0v) is 14.9. The van der Waals surface area contributed by atoms with Crippen LogP contribution in [0.25, 0.3) is 11.0 Å². The van der Waals surface area contributed by atoms with Gasteiger partial charge in [0.15, 0.2) is 5.65 Å². The molecule has 2 heterocycles. The van der Waals surface area contributed by atoms with Crippen molar-refractivity contribution in [2.75, 3.05) is 0 Å². The van der Waals surface area contributed by atoms with E-state index in [1.807, 2.05) is 4.68 Å². The van der Waals surface area contributed by atoms with Gasteiger partial charge in [0.25, 0.3) is 5.56 Å². The summed E-state index contributed by atoms with van der Waals surface area (Å²) < 4.78 is 2.02. The van der Waals surface area contributed by atoms with Crippen molar-refractivity contribution in [3.8, 4) is 0 Å². The molecule has 5 heteroatoms. The maximum Gasteiger partial charge on any atom is 0.262 e. The Labute approximate surface area is 152 Å². The Kier molecular flexibility index (Phi) is 3.88. The van der Waals surface area contributed by atoms with Gasteiger partial charge >= 0.3 is 0 Å². The van der Waals surface area contributed by atoms with E-state index in [1.54, 1.807) is 6.20 Å². The van der Waals surface area contributed by atoms with E-state index in [9.17, 15) is 4.79 Å². The lowest BCUT2D eigenvalue weighted by molar-refractivity contribution is 0.305. The van der Waals surface area contributed by atoms with Crippen molar-refractivity contribution >= 4 is 11.0 Å². The Morgan fingerprint density at radius 1 is 1.12 bits per heavy atom. The summed E-state index contributed by atoms with van der Waals surface area (Å²) in [5, 5.41) is 5.20. The Morgan fingerprint density at radius 3 is 2.77 bits per heavy atom. The maximum atomic E-state index is 12.4. The number of nitrogens with one attached hydrogen (secondary N) is 1. The molecule has 2 aliphatic carbocycles. The van der Waals surface area contributed by atoms with E-state index in [-0.39, 0.29) is 5.56 Å². The Bertz CT molecular complexity index is 971. The molecule has 2 atom stereocenters. The largest absolute Gasteiger partial charge is 0.310 e. The van der Waals surface area contributed by atoms with E-state index in [4.69, 9.17) is 4.98 Å². The van der Waals surface area contributed by atoms with Crippen LogP contribution in [0, 0.1) is 5.92 Å². The predicted octanol–water partition coefficient (Wildman–Crippen LogP) is 3.97. The molecule has 2 aliphatic rings. The van der Waals surface area contributed by atoms with Crippen molar-refractivity contribution < 1.29 is 0 Å². The Balaban J connectivity index is 1.47. The number of hydrogen-bond donors (Lipinski definition) is 1. The van der Waals surface area contributed by atoms with Crippen molar-refractivity contribution in [3.05, 3.63) is 58.3 Å². The van der Waals surface area contributed by atoms with E-state index in [1.165, 1.54) is 31.2 Å². The van der Waals surface area contributed by atoms with Gasteiger partial charge in [-0.2, -0.15) is 5.10 Å². The van der Waals surface area contributed by atoms with E-state index in [0.717, 1.165) is 30.7 Å². The molecule has 2 unspecified atom stereocenters. The van der Waals surface area contributed by atoms with Gasteiger partial charge in [0.2, 0.25) is 0 Å². The summed E-state index contributed by atoms with van der Waals surface area (Å²) in [6, 6.07) is 11.1. The maximum absolute atomic E-state index is 12.4. The summed E-state index contributed by atoms with van der Waals surface area (Å²) in [7, 11) is 0. The summed E-state index contributed by atoms with van der Waals surface area (Å²) in [5.74, 6) is 2.08. The summed E-state index contributed by atoms with van der Waals surface area (Å²) >= 11 is 0. The third kappa shape index (κ3) is 2.96. The van der Waals surface area contributed by atoms with Crippen molar-refractivity contribution in [1.82, 2.24) is 19.7 Å². The third-order valence-electron chi connectivity index (χ3n) is 5.95. The van der Waals surface area contributed by atoms with E-state index >= 15 is 0 Å². The smallest absolute Gasteiger partial charge is 0.262 e. The second-order valence-corrected chi connectivity index (χ2v) is 7.91. The first-order valence-corrected chi connectivity index (χ1v) is 9.79. The molecule has 1 N–H and O–H groups in total. The lowest BCUT2D eigenvalue weighted by Crippen LogP contribution is -2.20. The predicted molar refractivity (Wildman–Crippen MR) is 101 cm³/mol. The lowest BCUT2D eigenvalue weighted by Gasteiger charge is -2.29. The Hall–Kier alpha value is -2.43. The summed E-state index contributed by atoms with van der Waals surface area (Å²) in [6.45, 7) is 0. The van der Waals surface area contributed by atoms with Crippen molar-refractivity contribution in [2.45, 2.75) is 56.9 Å². The molecule has 2 fully saturated rings. The second-order valence-electron chi connectivity index (χ2n) is 7.91. The monoisotopic (exact) mass is 348 g/mol. The molecule has 5 nitrogen and oxygen atoms in total. The summed E-state index contributed by atoms with van der Waals surface area (Å²) in [5.41, 5.74) is 2.13. The van der Waals surface area contributed by atoms with E-state index < -0.39 is 0 Å². The minimum atomic E-state index is -0.0488. The minimum absolute atomic E-state index is 0.0488. The van der Waals surface area contributed by atoms with Crippen LogP contribution in [0.5, 0.6) is 0 Å². The fourth-order valence-electron chi connectivity index (χ4n) is 4.35. The lowest BCUT2D eigenvalue weighted by atomic mass is 9.81. The third-order valence-corrected chi connectivity index (χ3v) is 5.95. The molecule has 0 amide bonds. The number of aromatic nitrogens is 4. The van der Waals surface area contributed by atoms with Crippen LogP contribution in [0.1, 0.15) is 61.9 Å². The number of benzene rings is 1. The SMILES string of the molecule is O=c1[nH]c(CC2CC2)nc2c1cnn2C1CCCC(c2ccccc2)C1. The number of H-pyrrole nitrogens is 1. The summed E-state index contributed by atoms with van der Waals surface area (Å²) in [4.78, 5) is 20.2. The number of fused-ring (bicyclic) bond motifs is 1. The fraction of sp³-hybridized carbons (Fsp3) is 0.476. The average molecular weight is 348 g/mol. The molecule has 5 rings (SSSR count). The molecule has 2 saturated carbocycles. The van der Waals surface area contributed by atoms with E-state index in [2.05, 4.69) is 40.4 Å². The standard InChI is InChI=1S/C21H24N4O/c26-21-18-13-22-25(20(18)23-19(24-21)11-14-9-10-14)17-8-4-7-16(12-17)15-5-2-1-3-6-15/h1-3,5-6,13-14,16-17H,4,7-12H2,(H,23,24,26). The van der Waals surface area contributed by atoms with E-state index in [0.29, 0.717) is 23.3 Å². The van der Waals surface area contributed by atoms with Gasteiger partial charge in [-0.25, -0.2) is 9.67 Å². The highest BCUT2D eigenvalue weighted by Crippen LogP contribution is 2.39. The normalized spacial score (nSPS) is 23.4. The van der Waals surface area contributed by atoms with Crippen LogP contribution < -0.4 is 5.56 Å². The van der Waals surface area contributed by atoms with Gasteiger partial charge in [-0.15, -0.1) is 0 Å². The quantitative estimate of drug-likeness (QED) is 0.776. The topological polar surface area (TPSA) is 63.6 Å². The zero-order chi connectivity index (χ0) is 17.5. The van der Waals surface area contributed by atoms with Gasteiger partial charge in [0.1, 0.15) is 11.2 Å². The first kappa shape index (κ1) is 15.8. The van der Waals surface area contributed by atoms with Crippen molar-refractivity contribution in [2.24, 2.45) is 5.92 Å². The second kappa shape index (κ2) is 6.38. The van der Waals surface area contributed by atoms with Crippen molar-refractivity contribution in [1.29, 1.82) is 0 Å². The average Bonchev–Trinajstić information content (AvgIpc) is 3.38. The van der Waals surface area contributed by atoms with Crippen LogP contribution in [-0.4, -0.2) is 19.7 Å². The highest BCUT2D eigenvalue weighted by Gasteiger charge is 2.27. The van der Waals surface area contributed by atoms with Gasteiger partial charge in [-0.3, -0.25) is 4.79 Å². The first-order valence-electron chi connectivity index (χ1n) is 9.79. The van der Waals surface area contributed by atoms with Crippen LogP contribution in [-0.2, 0) is 6.42 Å². The van der Waals surface area contributed by atoms with Crippen LogP contribution in [0.3, 0.4) is 0 Å². The van der Waals surface area contributed by atoms with Crippen LogP contribution in [0.4, 0.5) is 0 Å². The van der Waals surface area contributed by atoms with Crippen molar-refractivity contribution in [3.63, 3.8) is 0 Å².